The molecule has 5 nitrogen and oxygen atoms in total. The molecule has 1 fully saturated rings. The summed E-state index contributed by atoms with van der Waals surface area (Å²) in [5.41, 5.74) is 2.91. The van der Waals surface area contributed by atoms with Crippen LogP contribution in [0.4, 0.5) is 0 Å². The molecule has 1 aromatic heterocycles. The van der Waals surface area contributed by atoms with E-state index in [1.54, 1.807) is 17.4 Å². The molecule has 0 bridgehead atoms. The lowest BCUT2D eigenvalue weighted by Crippen LogP contribution is -2.48. The van der Waals surface area contributed by atoms with Crippen LogP contribution < -0.4 is 4.72 Å². The van der Waals surface area contributed by atoms with Gasteiger partial charge in [0.25, 0.3) is 0 Å². The molecule has 0 amide bonds. The van der Waals surface area contributed by atoms with Gasteiger partial charge in [-0.2, -0.15) is 11.3 Å². The predicted molar refractivity (Wildman–Crippen MR) is 107 cm³/mol. The van der Waals surface area contributed by atoms with E-state index >= 15 is 0 Å². The van der Waals surface area contributed by atoms with E-state index in [0.717, 1.165) is 37.3 Å². The van der Waals surface area contributed by atoms with Gasteiger partial charge in [0.1, 0.15) is 0 Å². The van der Waals surface area contributed by atoms with Crippen molar-refractivity contribution in [3.8, 4) is 0 Å². The zero-order chi connectivity index (χ0) is 18.7. The maximum Gasteiger partial charge on any atom is 0.240 e. The average Bonchev–Trinajstić information content (AvgIpc) is 3.13. The Morgan fingerprint density at radius 3 is 2.54 bits per heavy atom. The van der Waals surface area contributed by atoms with E-state index in [9.17, 15) is 8.42 Å². The second-order valence-electron chi connectivity index (χ2n) is 7.03. The fourth-order valence-electron chi connectivity index (χ4n) is 3.32. The number of benzene rings is 1. The van der Waals surface area contributed by atoms with Gasteiger partial charge in [-0.25, -0.2) is 13.1 Å². The van der Waals surface area contributed by atoms with Gasteiger partial charge in [0.2, 0.25) is 10.0 Å². The quantitative estimate of drug-likeness (QED) is 0.820. The number of hydrogen-bond donors (Lipinski definition) is 1. The maximum atomic E-state index is 12.9. The third kappa shape index (κ3) is 4.53. The summed E-state index contributed by atoms with van der Waals surface area (Å²) in [5.74, 6) is 0. The van der Waals surface area contributed by atoms with E-state index in [1.807, 2.05) is 26.0 Å². The molecule has 1 saturated heterocycles. The lowest BCUT2D eigenvalue weighted by molar-refractivity contribution is 0.113. The van der Waals surface area contributed by atoms with Gasteiger partial charge in [0.15, 0.2) is 0 Å². The Kier molecular flexibility index (Phi) is 6.14. The van der Waals surface area contributed by atoms with Crippen LogP contribution in [0, 0.1) is 13.8 Å². The third-order valence-corrected chi connectivity index (χ3v) is 7.27. The first kappa shape index (κ1) is 19.5. The van der Waals surface area contributed by atoms with Gasteiger partial charge in [-0.1, -0.05) is 12.1 Å². The summed E-state index contributed by atoms with van der Waals surface area (Å²) in [6.07, 6.45) is 0. The van der Waals surface area contributed by atoms with Gasteiger partial charge in [-0.15, -0.1) is 0 Å². The van der Waals surface area contributed by atoms with Crippen molar-refractivity contribution in [3.05, 3.63) is 51.7 Å². The molecule has 0 saturated carbocycles. The lowest BCUT2D eigenvalue weighted by Gasteiger charge is -2.38. The van der Waals surface area contributed by atoms with Crippen molar-refractivity contribution in [1.82, 2.24) is 14.5 Å². The highest BCUT2D eigenvalue weighted by Gasteiger charge is 2.26. The highest BCUT2D eigenvalue weighted by Crippen LogP contribution is 2.25. The molecule has 1 atom stereocenters. The van der Waals surface area contributed by atoms with Crippen molar-refractivity contribution in [2.45, 2.75) is 24.8 Å². The van der Waals surface area contributed by atoms with Gasteiger partial charge in [-0.3, -0.25) is 4.90 Å². The highest BCUT2D eigenvalue weighted by molar-refractivity contribution is 7.89. The zero-order valence-electron chi connectivity index (χ0n) is 15.6. The van der Waals surface area contributed by atoms with Crippen LogP contribution in [0.5, 0.6) is 0 Å². The summed E-state index contributed by atoms with van der Waals surface area (Å²) in [7, 11) is -1.41. The summed E-state index contributed by atoms with van der Waals surface area (Å²) < 4.78 is 28.6. The minimum atomic E-state index is -3.53. The number of nitrogens with zero attached hydrogens (tertiary/aromatic N) is 2. The van der Waals surface area contributed by atoms with Gasteiger partial charge >= 0.3 is 0 Å². The van der Waals surface area contributed by atoms with Crippen LogP contribution in [0.15, 0.2) is 39.9 Å². The minimum Gasteiger partial charge on any atom is -0.304 e. The van der Waals surface area contributed by atoms with E-state index in [-0.39, 0.29) is 6.04 Å². The molecule has 142 valence electrons. The largest absolute Gasteiger partial charge is 0.304 e. The number of piperazine rings is 1. The molecule has 0 aliphatic carbocycles. The van der Waals surface area contributed by atoms with Crippen LogP contribution in [0.2, 0.25) is 0 Å². The second-order valence-corrected chi connectivity index (χ2v) is 9.55. The van der Waals surface area contributed by atoms with Crippen LogP contribution in [0.1, 0.15) is 22.7 Å². The molecular formula is C19H27N3O2S2. The Morgan fingerprint density at radius 1 is 1.15 bits per heavy atom. The average molecular weight is 394 g/mol. The fraction of sp³-hybridized carbons (Fsp3) is 0.474. The normalized spacial score (nSPS) is 18.1. The van der Waals surface area contributed by atoms with E-state index in [2.05, 4.69) is 38.4 Å². The topological polar surface area (TPSA) is 52.7 Å². The number of aryl methyl sites for hydroxylation is 2. The molecule has 1 aliphatic heterocycles. The first-order valence-corrected chi connectivity index (χ1v) is 11.3. The molecule has 7 heteroatoms. The highest BCUT2D eigenvalue weighted by atomic mass is 32.2. The van der Waals surface area contributed by atoms with Gasteiger partial charge < -0.3 is 4.90 Å². The molecule has 2 aromatic rings. The maximum absolute atomic E-state index is 12.9. The minimum absolute atomic E-state index is 0.0647. The van der Waals surface area contributed by atoms with Crippen LogP contribution in [0.25, 0.3) is 0 Å². The zero-order valence-corrected chi connectivity index (χ0v) is 17.2. The Hall–Kier alpha value is -1.25. The Morgan fingerprint density at radius 2 is 1.88 bits per heavy atom. The number of likely N-dealkylation sites (N-methyl/N-ethyl adjacent to an activating group) is 1. The lowest BCUT2D eigenvalue weighted by atomic mass is 10.1. The van der Waals surface area contributed by atoms with Gasteiger partial charge in [-0.05, 0) is 60.5 Å². The van der Waals surface area contributed by atoms with E-state index in [1.165, 1.54) is 5.56 Å². The number of nitrogens with one attached hydrogen (secondary N) is 1. The van der Waals surface area contributed by atoms with Crippen molar-refractivity contribution >= 4 is 21.4 Å². The molecule has 2 heterocycles. The number of sulfonamides is 1. The SMILES string of the molecule is Cc1ccc(C)c(S(=O)(=O)NCC(c2ccsc2)N2CCN(C)CC2)c1. The molecular weight excluding hydrogens is 366 g/mol. The summed E-state index contributed by atoms with van der Waals surface area (Å²) in [6, 6.07) is 7.70. The van der Waals surface area contributed by atoms with Crippen molar-refractivity contribution < 1.29 is 8.42 Å². The monoisotopic (exact) mass is 393 g/mol. The van der Waals surface area contributed by atoms with Crippen LogP contribution in [-0.4, -0.2) is 58.0 Å². The molecule has 0 radical (unpaired) electrons. The summed E-state index contributed by atoms with van der Waals surface area (Å²) in [6.45, 7) is 8.04. The number of hydrogen-bond acceptors (Lipinski definition) is 5. The Labute approximate surface area is 160 Å². The summed E-state index contributed by atoms with van der Waals surface area (Å²) in [4.78, 5) is 5.06. The van der Waals surface area contributed by atoms with E-state index in [0.29, 0.717) is 11.4 Å². The number of thiophene rings is 1. The second kappa shape index (κ2) is 8.19. The van der Waals surface area contributed by atoms with Crippen LogP contribution in [0.3, 0.4) is 0 Å². The molecule has 1 aromatic carbocycles. The number of rotatable bonds is 6. The van der Waals surface area contributed by atoms with Gasteiger partial charge in [0.05, 0.1) is 4.90 Å². The van der Waals surface area contributed by atoms with Crippen LogP contribution >= 0.6 is 11.3 Å². The molecule has 1 unspecified atom stereocenters. The van der Waals surface area contributed by atoms with Crippen molar-refractivity contribution in [2.24, 2.45) is 0 Å². The summed E-state index contributed by atoms with van der Waals surface area (Å²) >= 11 is 1.65. The Balaban J connectivity index is 1.78. The van der Waals surface area contributed by atoms with E-state index < -0.39 is 10.0 Å². The smallest absolute Gasteiger partial charge is 0.240 e. The third-order valence-electron chi connectivity index (χ3n) is 5.01. The molecule has 3 rings (SSSR count). The molecule has 26 heavy (non-hydrogen) atoms. The predicted octanol–water partition coefficient (Wildman–Crippen LogP) is 2.63. The van der Waals surface area contributed by atoms with Crippen molar-refractivity contribution in [2.75, 3.05) is 39.8 Å². The molecule has 1 aliphatic rings. The molecule has 1 N–H and O–H groups in total. The summed E-state index contributed by atoms with van der Waals surface area (Å²) in [5, 5.41) is 4.17. The van der Waals surface area contributed by atoms with Crippen molar-refractivity contribution in [3.63, 3.8) is 0 Å². The first-order chi connectivity index (χ1) is 12.4. The first-order valence-electron chi connectivity index (χ1n) is 8.88. The fourth-order valence-corrected chi connectivity index (χ4v) is 5.39. The molecule has 0 spiro atoms. The Bertz CT molecular complexity index is 826. The van der Waals surface area contributed by atoms with Crippen molar-refractivity contribution in [1.29, 1.82) is 0 Å². The standard InChI is InChI=1S/C19H27N3O2S2/c1-15-4-5-16(2)19(12-15)26(23,24)20-13-18(17-6-11-25-14-17)22-9-7-21(3)8-10-22/h4-6,11-12,14,18,20H,7-10,13H2,1-3H3. The van der Waals surface area contributed by atoms with Gasteiger partial charge in [0, 0.05) is 38.8 Å². The van der Waals surface area contributed by atoms with Crippen LogP contribution in [-0.2, 0) is 10.0 Å². The van der Waals surface area contributed by atoms with E-state index in [4.69, 9.17) is 0 Å².